The van der Waals surface area contributed by atoms with Gasteiger partial charge in [0.2, 0.25) is 0 Å². The minimum atomic E-state index is -0.370. The summed E-state index contributed by atoms with van der Waals surface area (Å²) >= 11 is 0. The Morgan fingerprint density at radius 3 is 2.85 bits per heavy atom. The van der Waals surface area contributed by atoms with Crippen LogP contribution in [0.15, 0.2) is 0 Å². The molecule has 0 saturated carbocycles. The molecule has 1 aliphatic rings. The van der Waals surface area contributed by atoms with Crippen LogP contribution in [-0.2, 0) is 9.47 Å². The standard InChI is InChI=1S/C10H20O3/c1-3-9(11)8(2)13-10-6-4-5-7-12-10/h8-11H,3-7H2,1-2H3/t8-,9?,10?/m1/s1. The number of aliphatic hydroxyl groups excluding tert-OH is 1. The minimum Gasteiger partial charge on any atom is -0.390 e. The second-order valence-corrected chi connectivity index (χ2v) is 3.61. The molecule has 13 heavy (non-hydrogen) atoms. The predicted octanol–water partition coefficient (Wildman–Crippen LogP) is 1.69. The summed E-state index contributed by atoms with van der Waals surface area (Å²) < 4.78 is 11.0. The molecule has 3 atom stereocenters. The summed E-state index contributed by atoms with van der Waals surface area (Å²) in [6.45, 7) is 4.64. The van der Waals surface area contributed by atoms with E-state index in [0.29, 0.717) is 0 Å². The van der Waals surface area contributed by atoms with Crippen molar-refractivity contribution in [1.82, 2.24) is 0 Å². The minimum absolute atomic E-state index is 0.0926. The number of hydrogen-bond donors (Lipinski definition) is 1. The van der Waals surface area contributed by atoms with E-state index in [1.165, 1.54) is 6.42 Å². The maximum atomic E-state index is 9.48. The lowest BCUT2D eigenvalue weighted by Crippen LogP contribution is -2.33. The second-order valence-electron chi connectivity index (χ2n) is 3.61. The highest BCUT2D eigenvalue weighted by atomic mass is 16.7. The van der Waals surface area contributed by atoms with Crippen LogP contribution in [0.5, 0.6) is 0 Å². The maximum Gasteiger partial charge on any atom is 0.158 e. The van der Waals surface area contributed by atoms with E-state index in [1.54, 1.807) is 0 Å². The number of ether oxygens (including phenoxy) is 2. The Hall–Kier alpha value is -0.120. The fourth-order valence-electron chi connectivity index (χ4n) is 1.48. The fourth-order valence-corrected chi connectivity index (χ4v) is 1.48. The van der Waals surface area contributed by atoms with Crippen molar-refractivity contribution in [2.75, 3.05) is 6.61 Å². The molecule has 1 rings (SSSR count). The highest BCUT2D eigenvalue weighted by Crippen LogP contribution is 2.16. The number of aliphatic hydroxyl groups is 1. The lowest BCUT2D eigenvalue weighted by molar-refractivity contribution is -0.202. The molecular formula is C10H20O3. The largest absolute Gasteiger partial charge is 0.390 e. The van der Waals surface area contributed by atoms with E-state index < -0.39 is 0 Å². The molecule has 0 aromatic carbocycles. The van der Waals surface area contributed by atoms with E-state index in [-0.39, 0.29) is 18.5 Å². The average Bonchev–Trinajstić information content (AvgIpc) is 2.18. The van der Waals surface area contributed by atoms with Crippen molar-refractivity contribution in [3.8, 4) is 0 Å². The first-order valence-electron chi connectivity index (χ1n) is 5.19. The Morgan fingerprint density at radius 1 is 1.54 bits per heavy atom. The van der Waals surface area contributed by atoms with Crippen LogP contribution >= 0.6 is 0 Å². The van der Waals surface area contributed by atoms with E-state index in [4.69, 9.17) is 9.47 Å². The Balaban J connectivity index is 2.21. The molecule has 0 amide bonds. The molecule has 1 heterocycles. The smallest absolute Gasteiger partial charge is 0.158 e. The van der Waals surface area contributed by atoms with E-state index in [2.05, 4.69) is 0 Å². The lowest BCUT2D eigenvalue weighted by Gasteiger charge is -2.27. The third kappa shape index (κ3) is 3.63. The quantitative estimate of drug-likeness (QED) is 0.729. The van der Waals surface area contributed by atoms with Gasteiger partial charge >= 0.3 is 0 Å². The van der Waals surface area contributed by atoms with E-state index >= 15 is 0 Å². The molecule has 0 spiro atoms. The predicted molar refractivity (Wildman–Crippen MR) is 50.4 cm³/mol. The van der Waals surface area contributed by atoms with Gasteiger partial charge in [-0.3, -0.25) is 0 Å². The highest BCUT2D eigenvalue weighted by molar-refractivity contribution is 4.64. The van der Waals surface area contributed by atoms with Crippen LogP contribution < -0.4 is 0 Å². The summed E-state index contributed by atoms with van der Waals surface area (Å²) in [4.78, 5) is 0. The van der Waals surface area contributed by atoms with E-state index in [9.17, 15) is 5.11 Å². The zero-order valence-corrected chi connectivity index (χ0v) is 8.53. The molecule has 3 nitrogen and oxygen atoms in total. The van der Waals surface area contributed by atoms with Crippen LogP contribution in [0.2, 0.25) is 0 Å². The van der Waals surface area contributed by atoms with Crippen LogP contribution in [0.25, 0.3) is 0 Å². The fraction of sp³-hybridized carbons (Fsp3) is 1.00. The SMILES string of the molecule is CCC(O)[C@@H](C)OC1CCCCO1. The Bertz CT molecular complexity index is 132. The van der Waals surface area contributed by atoms with Gasteiger partial charge in [0.05, 0.1) is 12.2 Å². The molecule has 1 saturated heterocycles. The van der Waals surface area contributed by atoms with Gasteiger partial charge in [0.25, 0.3) is 0 Å². The topological polar surface area (TPSA) is 38.7 Å². The first-order valence-corrected chi connectivity index (χ1v) is 5.19. The molecule has 3 heteroatoms. The van der Waals surface area contributed by atoms with Gasteiger partial charge in [-0.25, -0.2) is 0 Å². The molecule has 1 N–H and O–H groups in total. The molecule has 0 aliphatic carbocycles. The summed E-state index contributed by atoms with van der Waals surface area (Å²) in [5, 5.41) is 9.48. The summed E-state index contributed by atoms with van der Waals surface area (Å²) in [6, 6.07) is 0. The molecule has 0 aromatic heterocycles. The molecule has 1 fully saturated rings. The van der Waals surface area contributed by atoms with Crippen molar-refractivity contribution in [3.05, 3.63) is 0 Å². The molecule has 0 aromatic rings. The van der Waals surface area contributed by atoms with Crippen molar-refractivity contribution in [1.29, 1.82) is 0 Å². The van der Waals surface area contributed by atoms with Gasteiger partial charge in [-0.05, 0) is 32.6 Å². The zero-order chi connectivity index (χ0) is 9.68. The zero-order valence-electron chi connectivity index (χ0n) is 8.53. The third-order valence-electron chi connectivity index (χ3n) is 2.46. The van der Waals surface area contributed by atoms with Crippen molar-refractivity contribution in [2.24, 2.45) is 0 Å². The van der Waals surface area contributed by atoms with Gasteiger partial charge in [0.15, 0.2) is 6.29 Å². The van der Waals surface area contributed by atoms with Crippen molar-refractivity contribution in [2.45, 2.75) is 58.0 Å². The Kier molecular flexibility index (Phi) is 4.70. The average molecular weight is 188 g/mol. The van der Waals surface area contributed by atoms with Crippen molar-refractivity contribution < 1.29 is 14.6 Å². The van der Waals surface area contributed by atoms with E-state index in [1.807, 2.05) is 13.8 Å². The van der Waals surface area contributed by atoms with Crippen LogP contribution in [0.3, 0.4) is 0 Å². The van der Waals surface area contributed by atoms with Gasteiger partial charge in [0.1, 0.15) is 0 Å². The second kappa shape index (κ2) is 5.58. The summed E-state index contributed by atoms with van der Waals surface area (Å²) in [5.74, 6) is 0. The van der Waals surface area contributed by atoms with Crippen molar-refractivity contribution >= 4 is 0 Å². The summed E-state index contributed by atoms with van der Waals surface area (Å²) in [6.07, 6.45) is 3.40. The van der Waals surface area contributed by atoms with Gasteiger partial charge in [-0.2, -0.15) is 0 Å². The number of hydrogen-bond acceptors (Lipinski definition) is 3. The molecule has 1 aliphatic heterocycles. The van der Waals surface area contributed by atoms with Gasteiger partial charge in [-0.15, -0.1) is 0 Å². The van der Waals surface area contributed by atoms with E-state index in [0.717, 1.165) is 25.9 Å². The van der Waals surface area contributed by atoms with Crippen LogP contribution in [0, 0.1) is 0 Å². The molecule has 0 bridgehead atoms. The van der Waals surface area contributed by atoms with Crippen LogP contribution in [0.4, 0.5) is 0 Å². The summed E-state index contributed by atoms with van der Waals surface area (Å²) in [7, 11) is 0. The lowest BCUT2D eigenvalue weighted by atomic mass is 10.1. The molecule has 78 valence electrons. The Labute approximate surface area is 80.0 Å². The third-order valence-corrected chi connectivity index (χ3v) is 2.46. The molecule has 0 radical (unpaired) electrons. The monoisotopic (exact) mass is 188 g/mol. The maximum absolute atomic E-state index is 9.48. The molecule has 2 unspecified atom stereocenters. The normalized spacial score (nSPS) is 28.4. The summed E-state index contributed by atoms with van der Waals surface area (Å²) in [5.41, 5.74) is 0. The van der Waals surface area contributed by atoms with Gasteiger partial charge in [-0.1, -0.05) is 6.92 Å². The number of rotatable bonds is 4. The van der Waals surface area contributed by atoms with Crippen LogP contribution in [0.1, 0.15) is 39.5 Å². The van der Waals surface area contributed by atoms with Crippen LogP contribution in [-0.4, -0.2) is 30.2 Å². The van der Waals surface area contributed by atoms with Gasteiger partial charge in [0, 0.05) is 6.61 Å². The Morgan fingerprint density at radius 2 is 2.31 bits per heavy atom. The first-order chi connectivity index (χ1) is 6.24. The van der Waals surface area contributed by atoms with Gasteiger partial charge < -0.3 is 14.6 Å². The van der Waals surface area contributed by atoms with Crippen molar-refractivity contribution in [3.63, 3.8) is 0 Å². The molecular weight excluding hydrogens is 168 g/mol. The highest BCUT2D eigenvalue weighted by Gasteiger charge is 2.20. The first kappa shape index (κ1) is 11.0.